The molecule has 0 saturated carbocycles. The lowest BCUT2D eigenvalue weighted by Gasteiger charge is -2.41. The van der Waals surface area contributed by atoms with Gasteiger partial charge in [-0.25, -0.2) is 4.79 Å². The summed E-state index contributed by atoms with van der Waals surface area (Å²) in [5, 5.41) is 13.3. The number of anilines is 1. The van der Waals surface area contributed by atoms with E-state index in [4.69, 9.17) is 10.8 Å². The minimum absolute atomic E-state index is 0.0177. The Bertz CT molecular complexity index is 605. The maximum absolute atomic E-state index is 10.9. The molecule has 1 aromatic carbocycles. The normalized spacial score (nSPS) is 16.7. The number of aromatic nitrogens is 2. The average Bonchev–Trinajstić information content (AvgIpc) is 2.80. The first kappa shape index (κ1) is 12.5. The van der Waals surface area contributed by atoms with Crippen LogP contribution in [-0.2, 0) is 0 Å². The summed E-state index contributed by atoms with van der Waals surface area (Å²) >= 11 is 0. The number of carboxylic acid groups (broad SMARTS) is 1. The van der Waals surface area contributed by atoms with E-state index in [1.807, 2.05) is 35.0 Å². The molecule has 1 aliphatic heterocycles. The second-order valence-corrected chi connectivity index (χ2v) is 5.06. The molecule has 1 aliphatic rings. The summed E-state index contributed by atoms with van der Waals surface area (Å²) in [6.07, 6.45) is 2.54. The van der Waals surface area contributed by atoms with Gasteiger partial charge in [0.25, 0.3) is 0 Å². The van der Waals surface area contributed by atoms with Crippen molar-refractivity contribution >= 4 is 11.8 Å². The van der Waals surface area contributed by atoms with Crippen molar-refractivity contribution in [1.82, 2.24) is 14.7 Å². The summed E-state index contributed by atoms with van der Waals surface area (Å²) in [5.74, 6) is 0.216. The van der Waals surface area contributed by atoms with Crippen molar-refractivity contribution in [2.75, 3.05) is 18.8 Å². The number of benzene rings is 1. The topological polar surface area (TPSA) is 84.4 Å². The van der Waals surface area contributed by atoms with Crippen LogP contribution in [-0.4, -0.2) is 39.0 Å². The van der Waals surface area contributed by atoms with Gasteiger partial charge in [0.1, 0.15) is 0 Å². The lowest BCUT2D eigenvalue weighted by molar-refractivity contribution is 0.0629. The smallest absolute Gasteiger partial charge is 0.407 e. The van der Waals surface area contributed by atoms with Crippen LogP contribution in [0.4, 0.5) is 10.5 Å². The summed E-state index contributed by atoms with van der Waals surface area (Å²) in [7, 11) is 0. The lowest BCUT2D eigenvalue weighted by atomic mass is 9.87. The molecule has 6 nitrogen and oxygen atoms in total. The van der Waals surface area contributed by atoms with E-state index in [2.05, 4.69) is 5.10 Å². The summed E-state index contributed by atoms with van der Waals surface area (Å²) < 4.78 is 1.83. The average molecular weight is 272 g/mol. The molecule has 0 radical (unpaired) electrons. The maximum Gasteiger partial charge on any atom is 0.407 e. The van der Waals surface area contributed by atoms with E-state index in [-0.39, 0.29) is 12.0 Å². The molecule has 1 aromatic heterocycles. The Balaban J connectivity index is 1.88. The number of hydrogen-bond donors (Lipinski definition) is 2. The van der Waals surface area contributed by atoms with Gasteiger partial charge in [0.05, 0.1) is 17.9 Å². The zero-order valence-corrected chi connectivity index (χ0v) is 10.9. The van der Waals surface area contributed by atoms with Gasteiger partial charge < -0.3 is 15.7 Å². The van der Waals surface area contributed by atoms with E-state index >= 15 is 0 Å². The van der Waals surface area contributed by atoms with Crippen molar-refractivity contribution in [2.24, 2.45) is 5.92 Å². The van der Waals surface area contributed by atoms with Gasteiger partial charge in [-0.05, 0) is 5.56 Å². The monoisotopic (exact) mass is 272 g/mol. The van der Waals surface area contributed by atoms with Gasteiger partial charge in [-0.2, -0.15) is 5.10 Å². The number of nitrogens with two attached hydrogens (primary N) is 1. The second-order valence-electron chi connectivity index (χ2n) is 5.06. The molecule has 1 saturated heterocycles. The number of likely N-dealkylation sites (tertiary alicyclic amines) is 1. The highest BCUT2D eigenvalue weighted by molar-refractivity contribution is 5.66. The van der Waals surface area contributed by atoms with Gasteiger partial charge in [-0.1, -0.05) is 30.3 Å². The van der Waals surface area contributed by atoms with Crippen molar-refractivity contribution < 1.29 is 9.90 Å². The molecule has 20 heavy (non-hydrogen) atoms. The van der Waals surface area contributed by atoms with Gasteiger partial charge in [0.2, 0.25) is 0 Å². The van der Waals surface area contributed by atoms with Crippen LogP contribution in [0.1, 0.15) is 11.6 Å². The molecule has 2 aromatic rings. The molecule has 0 bridgehead atoms. The predicted molar refractivity (Wildman–Crippen MR) is 74.3 cm³/mol. The Kier molecular flexibility index (Phi) is 3.06. The summed E-state index contributed by atoms with van der Waals surface area (Å²) in [6, 6.07) is 10.00. The highest BCUT2D eigenvalue weighted by atomic mass is 16.4. The fourth-order valence-electron chi connectivity index (χ4n) is 2.66. The van der Waals surface area contributed by atoms with E-state index in [9.17, 15) is 4.79 Å². The number of rotatable bonds is 3. The Morgan fingerprint density at radius 3 is 2.60 bits per heavy atom. The standard InChI is InChI=1S/C14H16N4O2/c15-12-6-16-18(9-12)13(10-4-2-1-3-5-10)11-7-17(8-11)14(19)20/h1-6,9,11,13H,7-8,15H2,(H,19,20)/t13-/m1/s1. The van der Waals surface area contributed by atoms with Crippen LogP contribution in [0.3, 0.4) is 0 Å². The summed E-state index contributed by atoms with van der Waals surface area (Å²) in [4.78, 5) is 12.3. The quantitative estimate of drug-likeness (QED) is 0.890. The van der Waals surface area contributed by atoms with Crippen molar-refractivity contribution in [3.63, 3.8) is 0 Å². The number of amides is 1. The van der Waals surface area contributed by atoms with Crippen molar-refractivity contribution in [3.05, 3.63) is 48.3 Å². The first-order valence-corrected chi connectivity index (χ1v) is 6.47. The molecule has 6 heteroatoms. The second kappa shape index (κ2) is 4.88. The molecule has 1 amide bonds. The number of hydrogen-bond acceptors (Lipinski definition) is 3. The molecule has 0 unspecified atom stereocenters. The fourth-order valence-corrected chi connectivity index (χ4v) is 2.66. The van der Waals surface area contributed by atoms with Crippen LogP contribution in [0.2, 0.25) is 0 Å². The first-order valence-electron chi connectivity index (χ1n) is 6.47. The minimum Gasteiger partial charge on any atom is -0.465 e. The molecular weight excluding hydrogens is 256 g/mol. The third kappa shape index (κ3) is 2.20. The largest absolute Gasteiger partial charge is 0.465 e. The van der Waals surface area contributed by atoms with Crippen LogP contribution in [0.25, 0.3) is 0 Å². The van der Waals surface area contributed by atoms with Crippen LogP contribution < -0.4 is 5.73 Å². The van der Waals surface area contributed by atoms with Crippen LogP contribution >= 0.6 is 0 Å². The molecule has 0 aliphatic carbocycles. The van der Waals surface area contributed by atoms with Gasteiger partial charge >= 0.3 is 6.09 Å². The Hall–Kier alpha value is -2.50. The van der Waals surface area contributed by atoms with Gasteiger partial charge in [-0.3, -0.25) is 4.68 Å². The molecule has 1 atom stereocenters. The van der Waals surface area contributed by atoms with E-state index in [0.717, 1.165) is 5.56 Å². The van der Waals surface area contributed by atoms with Crippen molar-refractivity contribution in [3.8, 4) is 0 Å². The number of carbonyl (C=O) groups is 1. The van der Waals surface area contributed by atoms with Gasteiger partial charge in [0, 0.05) is 25.2 Å². The Morgan fingerprint density at radius 1 is 1.35 bits per heavy atom. The lowest BCUT2D eigenvalue weighted by Crippen LogP contribution is -2.52. The van der Waals surface area contributed by atoms with Crippen molar-refractivity contribution in [1.29, 1.82) is 0 Å². The zero-order chi connectivity index (χ0) is 14.1. The van der Waals surface area contributed by atoms with E-state index < -0.39 is 6.09 Å². The maximum atomic E-state index is 10.9. The SMILES string of the molecule is Nc1cnn([C@H](c2ccccc2)C2CN(C(=O)O)C2)c1. The highest BCUT2D eigenvalue weighted by Crippen LogP contribution is 2.33. The third-order valence-corrected chi connectivity index (χ3v) is 3.67. The van der Waals surface area contributed by atoms with E-state index in [0.29, 0.717) is 18.8 Å². The molecular formula is C14H16N4O2. The fraction of sp³-hybridized carbons (Fsp3) is 0.286. The van der Waals surface area contributed by atoms with Gasteiger partial charge in [-0.15, -0.1) is 0 Å². The molecule has 3 rings (SSSR count). The van der Waals surface area contributed by atoms with Crippen LogP contribution in [0.5, 0.6) is 0 Å². The first-order chi connectivity index (χ1) is 9.65. The van der Waals surface area contributed by atoms with Gasteiger partial charge in [0.15, 0.2) is 0 Å². The minimum atomic E-state index is -0.868. The Morgan fingerprint density at radius 2 is 2.05 bits per heavy atom. The Labute approximate surface area is 116 Å². The molecule has 3 N–H and O–H groups in total. The van der Waals surface area contributed by atoms with Crippen LogP contribution in [0, 0.1) is 5.92 Å². The summed E-state index contributed by atoms with van der Waals surface area (Å²) in [5.41, 5.74) is 7.47. The highest BCUT2D eigenvalue weighted by Gasteiger charge is 2.38. The molecule has 104 valence electrons. The number of nitrogens with zero attached hydrogens (tertiary/aromatic N) is 3. The predicted octanol–water partition coefficient (Wildman–Crippen LogP) is 1.66. The zero-order valence-electron chi connectivity index (χ0n) is 10.9. The molecule has 0 spiro atoms. The van der Waals surface area contributed by atoms with Crippen molar-refractivity contribution in [2.45, 2.75) is 6.04 Å². The number of nitrogen functional groups attached to an aromatic ring is 1. The summed E-state index contributed by atoms with van der Waals surface area (Å²) in [6.45, 7) is 1.04. The molecule has 1 fully saturated rings. The van der Waals surface area contributed by atoms with Crippen LogP contribution in [0.15, 0.2) is 42.7 Å². The van der Waals surface area contributed by atoms with E-state index in [1.54, 1.807) is 12.4 Å². The van der Waals surface area contributed by atoms with E-state index in [1.165, 1.54) is 4.90 Å². The third-order valence-electron chi connectivity index (χ3n) is 3.67. The molecule has 2 heterocycles.